The molecule has 0 saturated carbocycles. The molecule has 1 saturated heterocycles. The highest BCUT2D eigenvalue weighted by Gasteiger charge is 2.64. The van der Waals surface area contributed by atoms with Gasteiger partial charge in [-0.1, -0.05) is 84.4 Å². The molecule has 0 bridgehead atoms. The van der Waals surface area contributed by atoms with E-state index in [9.17, 15) is 9.59 Å². The molecule has 3 atom stereocenters. The van der Waals surface area contributed by atoms with E-state index in [1.54, 1.807) is 9.80 Å². The standard InChI is InChI=1S/C30H22Cl2N2O2/c31-23-15-9-12-21(18-23)26-19-30(22-13-5-2-6-14-22)27(32)29(36)34(30)25-17-8-7-16-24(25)33(26)28(35)20-10-3-1-4-11-20/h1-18,26-27H,19H2. The lowest BCUT2D eigenvalue weighted by Gasteiger charge is -2.55. The van der Waals surface area contributed by atoms with Crippen molar-refractivity contribution in [3.05, 3.63) is 131 Å². The second-order valence-electron chi connectivity index (χ2n) is 9.13. The summed E-state index contributed by atoms with van der Waals surface area (Å²) in [6, 6.07) is 33.7. The van der Waals surface area contributed by atoms with Crippen molar-refractivity contribution in [2.24, 2.45) is 0 Å². The van der Waals surface area contributed by atoms with Crippen LogP contribution in [0.2, 0.25) is 5.02 Å². The van der Waals surface area contributed by atoms with Crippen LogP contribution in [0.4, 0.5) is 11.4 Å². The van der Waals surface area contributed by atoms with Crippen LogP contribution >= 0.6 is 23.2 Å². The summed E-state index contributed by atoms with van der Waals surface area (Å²) in [5, 5.41) is -0.198. The molecule has 2 aliphatic rings. The largest absolute Gasteiger partial charge is 0.299 e. The lowest BCUT2D eigenvalue weighted by atomic mass is 9.72. The van der Waals surface area contributed by atoms with Gasteiger partial charge in [-0.05, 0) is 47.5 Å². The smallest absolute Gasteiger partial charge is 0.258 e. The van der Waals surface area contributed by atoms with Crippen molar-refractivity contribution < 1.29 is 9.59 Å². The number of hydrogen-bond acceptors (Lipinski definition) is 2. The van der Waals surface area contributed by atoms with E-state index in [1.807, 2.05) is 109 Å². The van der Waals surface area contributed by atoms with Gasteiger partial charge in [0, 0.05) is 17.0 Å². The van der Waals surface area contributed by atoms with Gasteiger partial charge in [-0.25, -0.2) is 0 Å². The van der Waals surface area contributed by atoms with E-state index in [0.29, 0.717) is 28.4 Å². The first-order valence-electron chi connectivity index (χ1n) is 11.8. The topological polar surface area (TPSA) is 40.6 Å². The van der Waals surface area contributed by atoms with Gasteiger partial charge in [-0.2, -0.15) is 0 Å². The Morgan fingerprint density at radius 2 is 1.44 bits per heavy atom. The van der Waals surface area contributed by atoms with Crippen molar-refractivity contribution in [1.82, 2.24) is 0 Å². The van der Waals surface area contributed by atoms with Gasteiger partial charge < -0.3 is 0 Å². The third-order valence-corrected chi connectivity index (χ3v) is 7.98. The quantitative estimate of drug-likeness (QED) is 0.219. The summed E-state index contributed by atoms with van der Waals surface area (Å²) in [6.45, 7) is 0. The predicted molar refractivity (Wildman–Crippen MR) is 144 cm³/mol. The first-order chi connectivity index (χ1) is 17.5. The van der Waals surface area contributed by atoms with Gasteiger partial charge in [-0.3, -0.25) is 19.4 Å². The van der Waals surface area contributed by atoms with E-state index in [4.69, 9.17) is 23.2 Å². The first-order valence-corrected chi connectivity index (χ1v) is 12.6. The van der Waals surface area contributed by atoms with Crippen LogP contribution in [0.15, 0.2) is 109 Å². The Morgan fingerprint density at radius 1 is 0.806 bits per heavy atom. The maximum Gasteiger partial charge on any atom is 0.258 e. The van der Waals surface area contributed by atoms with Crippen LogP contribution in [-0.4, -0.2) is 17.2 Å². The third kappa shape index (κ3) is 3.36. The van der Waals surface area contributed by atoms with Crippen LogP contribution in [0.1, 0.15) is 33.9 Å². The number of fused-ring (bicyclic) bond motifs is 3. The molecule has 2 amide bonds. The summed E-state index contributed by atoms with van der Waals surface area (Å²) >= 11 is 13.3. The van der Waals surface area contributed by atoms with Crippen molar-refractivity contribution in [3.63, 3.8) is 0 Å². The number of carbonyl (C=O) groups excluding carboxylic acids is 2. The number of rotatable bonds is 3. The van der Waals surface area contributed by atoms with Gasteiger partial charge in [0.1, 0.15) is 10.9 Å². The Kier molecular flexibility index (Phi) is 5.59. The Bertz CT molecular complexity index is 1460. The van der Waals surface area contributed by atoms with Crippen LogP contribution in [0.3, 0.4) is 0 Å². The summed E-state index contributed by atoms with van der Waals surface area (Å²) in [4.78, 5) is 31.2. The van der Waals surface area contributed by atoms with Gasteiger partial charge in [0.25, 0.3) is 5.91 Å². The zero-order valence-corrected chi connectivity index (χ0v) is 20.7. The minimum atomic E-state index is -0.839. The number of anilines is 2. The van der Waals surface area contributed by atoms with Crippen LogP contribution in [-0.2, 0) is 10.3 Å². The Hall–Kier alpha value is -3.60. The van der Waals surface area contributed by atoms with Gasteiger partial charge >= 0.3 is 0 Å². The maximum atomic E-state index is 14.2. The minimum absolute atomic E-state index is 0.155. The van der Waals surface area contributed by atoms with Crippen molar-refractivity contribution in [2.75, 3.05) is 9.80 Å². The number of hydrogen-bond donors (Lipinski definition) is 0. The van der Waals surface area contributed by atoms with Gasteiger partial charge in [0.15, 0.2) is 0 Å². The first kappa shape index (κ1) is 22.8. The Balaban J connectivity index is 1.64. The summed E-state index contributed by atoms with van der Waals surface area (Å²) in [6.07, 6.45) is 0.407. The normalized spacial score (nSPS) is 22.8. The monoisotopic (exact) mass is 512 g/mol. The molecule has 36 heavy (non-hydrogen) atoms. The molecule has 6 rings (SSSR count). The molecule has 0 radical (unpaired) electrons. The molecule has 0 spiro atoms. The zero-order valence-electron chi connectivity index (χ0n) is 19.2. The third-order valence-electron chi connectivity index (χ3n) is 7.20. The van der Waals surface area contributed by atoms with Gasteiger partial charge in [0.2, 0.25) is 5.91 Å². The lowest BCUT2D eigenvalue weighted by Crippen LogP contribution is -2.70. The highest BCUT2D eigenvalue weighted by Crippen LogP contribution is 2.58. The van der Waals surface area contributed by atoms with E-state index in [-0.39, 0.29) is 11.8 Å². The molecule has 1 fully saturated rings. The van der Waals surface area contributed by atoms with E-state index in [0.717, 1.165) is 11.1 Å². The fourth-order valence-electron chi connectivity index (χ4n) is 5.57. The second kappa shape index (κ2) is 8.81. The summed E-state index contributed by atoms with van der Waals surface area (Å²) in [5.74, 6) is -0.330. The van der Waals surface area contributed by atoms with Gasteiger partial charge in [-0.15, -0.1) is 11.6 Å². The molecule has 0 N–H and O–H groups in total. The summed E-state index contributed by atoms with van der Waals surface area (Å²) < 4.78 is 0. The number of alkyl halides is 1. The van der Waals surface area contributed by atoms with E-state index in [1.165, 1.54) is 0 Å². The number of para-hydroxylation sites is 2. The summed E-state index contributed by atoms with van der Waals surface area (Å²) in [5.41, 5.74) is 2.85. The number of nitrogens with zero attached hydrogens (tertiary/aromatic N) is 2. The van der Waals surface area contributed by atoms with Crippen molar-refractivity contribution in [3.8, 4) is 0 Å². The minimum Gasteiger partial charge on any atom is -0.299 e. The number of benzene rings is 4. The SMILES string of the molecule is O=C(c1ccccc1)N1c2ccccc2N2C(=O)C(Cl)C2(c2ccccc2)CC1c1cccc(Cl)c1. The van der Waals surface area contributed by atoms with E-state index in [2.05, 4.69) is 0 Å². The molecular formula is C30H22Cl2N2O2. The molecule has 4 aromatic carbocycles. The highest BCUT2D eigenvalue weighted by atomic mass is 35.5. The fourth-order valence-corrected chi connectivity index (χ4v) is 6.18. The van der Waals surface area contributed by atoms with Crippen LogP contribution in [0.25, 0.3) is 0 Å². The molecule has 3 unspecified atom stereocenters. The molecule has 6 heteroatoms. The number of β-lactam (4-membered cyclic amide) rings is 1. The molecule has 2 heterocycles. The van der Waals surface area contributed by atoms with Crippen molar-refractivity contribution >= 4 is 46.4 Å². The molecular weight excluding hydrogens is 491 g/mol. The Morgan fingerprint density at radius 3 is 2.14 bits per heavy atom. The molecule has 0 aromatic heterocycles. The van der Waals surface area contributed by atoms with Crippen molar-refractivity contribution in [1.29, 1.82) is 0 Å². The molecule has 2 aliphatic heterocycles. The Labute approximate surface area is 219 Å². The van der Waals surface area contributed by atoms with Crippen LogP contribution < -0.4 is 9.80 Å². The zero-order chi connectivity index (χ0) is 24.9. The average Bonchev–Trinajstić information content (AvgIpc) is 3.05. The van der Waals surface area contributed by atoms with E-state index < -0.39 is 17.0 Å². The lowest BCUT2D eigenvalue weighted by molar-refractivity contribution is -0.127. The number of halogens is 2. The average molecular weight is 513 g/mol. The number of amides is 2. The summed E-state index contributed by atoms with van der Waals surface area (Å²) in [7, 11) is 0. The fraction of sp³-hybridized carbons (Fsp3) is 0.133. The number of carbonyl (C=O) groups is 2. The molecule has 4 nitrogen and oxygen atoms in total. The highest BCUT2D eigenvalue weighted by molar-refractivity contribution is 6.38. The molecule has 4 aromatic rings. The maximum absolute atomic E-state index is 14.2. The molecule has 178 valence electrons. The van der Waals surface area contributed by atoms with Crippen molar-refractivity contribution in [2.45, 2.75) is 23.4 Å². The van der Waals surface area contributed by atoms with Crippen LogP contribution in [0.5, 0.6) is 0 Å². The molecule has 0 aliphatic carbocycles. The van der Waals surface area contributed by atoms with E-state index >= 15 is 0 Å². The van der Waals surface area contributed by atoms with Gasteiger partial charge in [0.05, 0.1) is 17.4 Å². The second-order valence-corrected chi connectivity index (χ2v) is 10.0. The van der Waals surface area contributed by atoms with Crippen LogP contribution in [0, 0.1) is 0 Å². The predicted octanol–water partition coefficient (Wildman–Crippen LogP) is 6.98.